The van der Waals surface area contributed by atoms with E-state index in [2.05, 4.69) is 15.0 Å². The number of carbonyl (C=O) groups excluding carboxylic acids is 1. The van der Waals surface area contributed by atoms with Gasteiger partial charge in [-0.05, 0) is 0 Å². The molecule has 0 atom stereocenters. The lowest BCUT2D eigenvalue weighted by atomic mass is 9.87. The van der Waals surface area contributed by atoms with Gasteiger partial charge in [0.25, 0.3) is 0 Å². The van der Waals surface area contributed by atoms with Gasteiger partial charge < -0.3 is 4.98 Å². The SMILES string of the molecule is Bc1cnc2[nH]cc(C(=O)C(C)(C)C)c2n1. The van der Waals surface area contributed by atoms with Crippen molar-refractivity contribution in [1.82, 2.24) is 15.0 Å². The summed E-state index contributed by atoms with van der Waals surface area (Å²) in [7, 11) is 1.87. The van der Waals surface area contributed by atoms with E-state index in [1.165, 1.54) is 0 Å². The molecule has 0 spiro atoms. The number of nitrogens with one attached hydrogen (secondary N) is 1. The lowest BCUT2D eigenvalue weighted by molar-refractivity contribution is 0.0860. The molecule has 0 amide bonds. The van der Waals surface area contributed by atoms with Crippen LogP contribution in [-0.4, -0.2) is 28.6 Å². The summed E-state index contributed by atoms with van der Waals surface area (Å²) in [6.07, 6.45) is 3.38. The molecule has 0 radical (unpaired) electrons. The predicted octanol–water partition coefficient (Wildman–Crippen LogP) is 0.445. The fraction of sp³-hybridized carbons (Fsp3) is 0.364. The van der Waals surface area contributed by atoms with Crippen LogP contribution in [0.25, 0.3) is 11.2 Å². The number of carbonyl (C=O) groups is 1. The molecule has 0 unspecified atom stereocenters. The highest BCUT2D eigenvalue weighted by molar-refractivity contribution is 6.31. The first-order chi connectivity index (χ1) is 7.39. The van der Waals surface area contributed by atoms with Crippen molar-refractivity contribution in [3.8, 4) is 0 Å². The molecule has 2 heterocycles. The number of aromatic amines is 1. The number of nitrogens with zero attached hydrogens (tertiary/aromatic N) is 2. The smallest absolute Gasteiger partial charge is 0.171 e. The minimum atomic E-state index is -0.402. The molecule has 0 fully saturated rings. The largest absolute Gasteiger partial charge is 0.344 e. The van der Waals surface area contributed by atoms with Crippen molar-refractivity contribution in [1.29, 1.82) is 0 Å². The molecule has 1 N–H and O–H groups in total. The third kappa shape index (κ3) is 1.73. The molecule has 4 nitrogen and oxygen atoms in total. The van der Waals surface area contributed by atoms with Crippen molar-refractivity contribution in [3.63, 3.8) is 0 Å². The first-order valence-corrected chi connectivity index (χ1v) is 5.25. The predicted molar refractivity (Wildman–Crippen MR) is 65.9 cm³/mol. The van der Waals surface area contributed by atoms with E-state index in [1.807, 2.05) is 28.6 Å². The fourth-order valence-corrected chi connectivity index (χ4v) is 1.56. The molecule has 2 aromatic heterocycles. The molecule has 16 heavy (non-hydrogen) atoms. The van der Waals surface area contributed by atoms with Gasteiger partial charge in [-0.1, -0.05) is 20.8 Å². The van der Waals surface area contributed by atoms with Crippen LogP contribution in [0.2, 0.25) is 0 Å². The quantitative estimate of drug-likeness (QED) is 0.554. The van der Waals surface area contributed by atoms with Gasteiger partial charge in [0.2, 0.25) is 0 Å². The number of ketones is 1. The van der Waals surface area contributed by atoms with Crippen molar-refractivity contribution < 1.29 is 4.79 Å². The van der Waals surface area contributed by atoms with Crippen LogP contribution >= 0.6 is 0 Å². The molecule has 0 saturated carbocycles. The van der Waals surface area contributed by atoms with Crippen molar-refractivity contribution >= 4 is 30.4 Å². The number of fused-ring (bicyclic) bond motifs is 1. The van der Waals surface area contributed by atoms with Gasteiger partial charge in [-0.3, -0.25) is 9.78 Å². The zero-order valence-corrected chi connectivity index (χ0v) is 9.96. The van der Waals surface area contributed by atoms with E-state index in [1.54, 1.807) is 12.4 Å². The number of rotatable bonds is 1. The zero-order chi connectivity index (χ0) is 11.9. The van der Waals surface area contributed by atoms with Crippen LogP contribution < -0.4 is 5.59 Å². The highest BCUT2D eigenvalue weighted by Gasteiger charge is 2.26. The Balaban J connectivity index is 2.62. The third-order valence-electron chi connectivity index (χ3n) is 2.43. The summed E-state index contributed by atoms with van der Waals surface area (Å²) < 4.78 is 0. The lowest BCUT2D eigenvalue weighted by Crippen LogP contribution is -2.20. The molecular formula is C11H14BN3O. The molecular weight excluding hydrogens is 201 g/mol. The van der Waals surface area contributed by atoms with Gasteiger partial charge in [-0.15, -0.1) is 0 Å². The Kier molecular flexibility index (Phi) is 2.33. The van der Waals surface area contributed by atoms with Gasteiger partial charge in [0.1, 0.15) is 5.52 Å². The Hall–Kier alpha value is -1.65. The van der Waals surface area contributed by atoms with Crippen LogP contribution in [-0.2, 0) is 0 Å². The van der Waals surface area contributed by atoms with Crippen LogP contribution in [0.4, 0.5) is 0 Å². The van der Waals surface area contributed by atoms with E-state index in [0.29, 0.717) is 16.7 Å². The monoisotopic (exact) mass is 215 g/mol. The number of aromatic nitrogens is 3. The molecule has 0 aliphatic rings. The second-order valence-corrected chi connectivity index (χ2v) is 4.99. The summed E-state index contributed by atoms with van der Waals surface area (Å²) >= 11 is 0. The summed E-state index contributed by atoms with van der Waals surface area (Å²) in [4.78, 5) is 23.7. The fourth-order valence-electron chi connectivity index (χ4n) is 1.56. The summed E-state index contributed by atoms with van der Waals surface area (Å²) in [5, 5.41) is 0. The Morgan fingerprint density at radius 2 is 2.12 bits per heavy atom. The van der Waals surface area contributed by atoms with Crippen LogP contribution in [0.1, 0.15) is 31.1 Å². The standard InChI is InChI=1S/C11H14BN3O/c1-11(2,3)9(16)6-4-13-10-8(6)15-7(12)5-14-10/h4-5H,12H2,1-3H3,(H,13,14). The summed E-state index contributed by atoms with van der Waals surface area (Å²) in [5.41, 5.74) is 2.37. The first kappa shape index (κ1) is 10.9. The molecule has 0 aliphatic heterocycles. The third-order valence-corrected chi connectivity index (χ3v) is 2.43. The lowest BCUT2D eigenvalue weighted by Gasteiger charge is -2.15. The van der Waals surface area contributed by atoms with E-state index in [9.17, 15) is 4.79 Å². The Labute approximate surface area is 94.9 Å². The van der Waals surface area contributed by atoms with Gasteiger partial charge >= 0.3 is 0 Å². The van der Waals surface area contributed by atoms with Crippen molar-refractivity contribution in [2.75, 3.05) is 0 Å². The van der Waals surface area contributed by atoms with Gasteiger partial charge in [0.15, 0.2) is 19.3 Å². The second-order valence-electron chi connectivity index (χ2n) is 4.99. The number of H-pyrrole nitrogens is 1. The van der Waals surface area contributed by atoms with Crippen LogP contribution in [0, 0.1) is 5.41 Å². The van der Waals surface area contributed by atoms with E-state index in [0.717, 1.165) is 5.59 Å². The maximum atomic E-state index is 12.2. The van der Waals surface area contributed by atoms with E-state index < -0.39 is 5.41 Å². The van der Waals surface area contributed by atoms with E-state index in [4.69, 9.17) is 0 Å². The van der Waals surface area contributed by atoms with E-state index in [-0.39, 0.29) is 5.78 Å². The molecule has 5 heteroatoms. The average Bonchev–Trinajstić information content (AvgIpc) is 2.57. The average molecular weight is 215 g/mol. The zero-order valence-electron chi connectivity index (χ0n) is 9.96. The van der Waals surface area contributed by atoms with Crippen molar-refractivity contribution in [2.24, 2.45) is 5.41 Å². The highest BCUT2D eigenvalue weighted by atomic mass is 16.1. The van der Waals surface area contributed by atoms with Crippen molar-refractivity contribution in [3.05, 3.63) is 18.0 Å². The minimum absolute atomic E-state index is 0.0821. The second kappa shape index (κ2) is 3.44. The molecule has 2 aromatic rings. The summed E-state index contributed by atoms with van der Waals surface area (Å²) in [6.45, 7) is 5.70. The van der Waals surface area contributed by atoms with Gasteiger partial charge in [0, 0.05) is 23.4 Å². The summed E-state index contributed by atoms with van der Waals surface area (Å²) in [5.74, 6) is 0.0821. The van der Waals surface area contributed by atoms with Crippen molar-refractivity contribution in [2.45, 2.75) is 20.8 Å². The normalized spacial score (nSPS) is 11.9. The molecule has 0 saturated heterocycles. The van der Waals surface area contributed by atoms with Crippen LogP contribution in [0.5, 0.6) is 0 Å². The number of hydrogen-bond acceptors (Lipinski definition) is 3. The molecule has 2 rings (SSSR count). The van der Waals surface area contributed by atoms with E-state index >= 15 is 0 Å². The molecule has 0 aromatic carbocycles. The van der Waals surface area contributed by atoms with Crippen LogP contribution in [0.15, 0.2) is 12.4 Å². The first-order valence-electron chi connectivity index (χ1n) is 5.25. The van der Waals surface area contributed by atoms with Gasteiger partial charge in [-0.2, -0.15) is 0 Å². The number of Topliss-reactive ketones (excluding diaryl/α,β-unsaturated/α-hetero) is 1. The topological polar surface area (TPSA) is 58.6 Å². The van der Waals surface area contributed by atoms with Gasteiger partial charge in [0.05, 0.1) is 5.56 Å². The maximum Gasteiger partial charge on any atom is 0.171 e. The molecule has 0 aliphatic carbocycles. The Bertz CT molecular complexity index is 554. The van der Waals surface area contributed by atoms with Crippen LogP contribution in [0.3, 0.4) is 0 Å². The Morgan fingerprint density at radius 1 is 1.44 bits per heavy atom. The maximum absolute atomic E-state index is 12.2. The minimum Gasteiger partial charge on any atom is -0.344 e. The summed E-state index contributed by atoms with van der Waals surface area (Å²) in [6, 6.07) is 0. The molecule has 82 valence electrons. The Morgan fingerprint density at radius 3 is 2.75 bits per heavy atom. The molecule has 0 bridgehead atoms. The van der Waals surface area contributed by atoms with Gasteiger partial charge in [-0.25, -0.2) is 4.98 Å². The highest BCUT2D eigenvalue weighted by Crippen LogP contribution is 2.24. The number of hydrogen-bond donors (Lipinski definition) is 1.